The Balaban J connectivity index is 2.44. The Morgan fingerprint density at radius 1 is 1.12 bits per heavy atom. The molecule has 0 saturated carbocycles. The van der Waals surface area contributed by atoms with E-state index < -0.39 is 9.84 Å². The lowest BCUT2D eigenvalue weighted by molar-refractivity contribution is 0.598. The SMILES string of the molecule is NCc1ccc(S(=O)(=O)c2cccs2)cc1. The summed E-state index contributed by atoms with van der Waals surface area (Å²) in [6.07, 6.45) is 0. The molecule has 0 aliphatic rings. The number of hydrogen-bond acceptors (Lipinski definition) is 4. The van der Waals surface area contributed by atoms with Crippen LogP contribution in [-0.4, -0.2) is 8.42 Å². The van der Waals surface area contributed by atoms with E-state index in [0.29, 0.717) is 15.6 Å². The summed E-state index contributed by atoms with van der Waals surface area (Å²) in [5, 5.41) is 1.75. The molecule has 2 rings (SSSR count). The maximum atomic E-state index is 12.1. The molecule has 0 atom stereocenters. The highest BCUT2D eigenvalue weighted by Gasteiger charge is 2.17. The molecule has 0 saturated heterocycles. The van der Waals surface area contributed by atoms with E-state index in [4.69, 9.17) is 5.73 Å². The standard InChI is InChI=1S/C11H11NO2S2/c12-8-9-3-5-10(6-4-9)16(13,14)11-2-1-7-15-11/h1-7H,8,12H2. The summed E-state index contributed by atoms with van der Waals surface area (Å²) >= 11 is 1.22. The van der Waals surface area contributed by atoms with Crippen molar-refractivity contribution in [1.29, 1.82) is 0 Å². The average molecular weight is 253 g/mol. The Bertz CT molecular complexity index is 557. The summed E-state index contributed by atoms with van der Waals surface area (Å²) in [4.78, 5) is 0.312. The molecule has 0 amide bonds. The van der Waals surface area contributed by atoms with E-state index in [1.807, 2.05) is 0 Å². The normalized spacial score (nSPS) is 11.6. The van der Waals surface area contributed by atoms with Crippen molar-refractivity contribution in [3.05, 3.63) is 47.3 Å². The van der Waals surface area contributed by atoms with Gasteiger partial charge in [0.2, 0.25) is 9.84 Å². The summed E-state index contributed by atoms with van der Waals surface area (Å²) in [5.41, 5.74) is 6.38. The first-order valence-corrected chi connectivity index (χ1v) is 7.08. The fourth-order valence-electron chi connectivity index (χ4n) is 1.34. The highest BCUT2D eigenvalue weighted by atomic mass is 32.2. The zero-order valence-electron chi connectivity index (χ0n) is 8.46. The summed E-state index contributed by atoms with van der Waals surface area (Å²) in [5.74, 6) is 0. The van der Waals surface area contributed by atoms with Crippen molar-refractivity contribution in [1.82, 2.24) is 0 Å². The highest BCUT2D eigenvalue weighted by molar-refractivity contribution is 7.93. The molecular formula is C11H11NO2S2. The second kappa shape index (κ2) is 4.37. The Morgan fingerprint density at radius 2 is 1.81 bits per heavy atom. The molecule has 0 unspecified atom stereocenters. The summed E-state index contributed by atoms with van der Waals surface area (Å²) in [6, 6.07) is 10.00. The molecule has 0 spiro atoms. The molecule has 0 aliphatic heterocycles. The second-order valence-corrected chi connectivity index (χ2v) is 6.41. The van der Waals surface area contributed by atoms with Crippen LogP contribution in [0.25, 0.3) is 0 Å². The molecule has 2 aromatic rings. The van der Waals surface area contributed by atoms with Crippen LogP contribution in [0.4, 0.5) is 0 Å². The highest BCUT2D eigenvalue weighted by Crippen LogP contribution is 2.24. The van der Waals surface area contributed by atoms with E-state index in [2.05, 4.69) is 0 Å². The zero-order chi connectivity index (χ0) is 11.6. The lowest BCUT2D eigenvalue weighted by Crippen LogP contribution is -2.01. The van der Waals surface area contributed by atoms with E-state index in [0.717, 1.165) is 5.56 Å². The predicted molar refractivity (Wildman–Crippen MR) is 64.1 cm³/mol. The van der Waals surface area contributed by atoms with Crippen molar-refractivity contribution in [2.75, 3.05) is 0 Å². The van der Waals surface area contributed by atoms with Crippen LogP contribution >= 0.6 is 11.3 Å². The predicted octanol–water partition coefficient (Wildman–Crippen LogP) is 2.04. The van der Waals surface area contributed by atoms with Crippen LogP contribution in [0.15, 0.2) is 50.9 Å². The molecule has 16 heavy (non-hydrogen) atoms. The van der Waals surface area contributed by atoms with Gasteiger partial charge in [-0.3, -0.25) is 0 Å². The minimum atomic E-state index is -3.34. The van der Waals surface area contributed by atoms with E-state index in [9.17, 15) is 8.42 Å². The van der Waals surface area contributed by atoms with E-state index >= 15 is 0 Å². The van der Waals surface area contributed by atoms with Crippen LogP contribution < -0.4 is 5.73 Å². The van der Waals surface area contributed by atoms with Gasteiger partial charge in [-0.05, 0) is 29.1 Å². The Labute approximate surface area is 98.5 Å². The first-order valence-electron chi connectivity index (χ1n) is 4.72. The van der Waals surface area contributed by atoms with E-state index in [-0.39, 0.29) is 0 Å². The number of thiophene rings is 1. The van der Waals surface area contributed by atoms with Crippen LogP contribution in [0, 0.1) is 0 Å². The zero-order valence-corrected chi connectivity index (χ0v) is 10.1. The molecule has 0 aliphatic carbocycles. The van der Waals surface area contributed by atoms with Gasteiger partial charge in [0.1, 0.15) is 4.21 Å². The smallest absolute Gasteiger partial charge is 0.215 e. The van der Waals surface area contributed by atoms with Crippen LogP contribution in [0.2, 0.25) is 0 Å². The van der Waals surface area contributed by atoms with Gasteiger partial charge in [-0.1, -0.05) is 18.2 Å². The van der Waals surface area contributed by atoms with Crippen LogP contribution in [0.5, 0.6) is 0 Å². The minimum absolute atomic E-state index is 0.312. The molecule has 2 N–H and O–H groups in total. The number of nitrogens with two attached hydrogens (primary N) is 1. The van der Waals surface area contributed by atoms with Gasteiger partial charge >= 0.3 is 0 Å². The Morgan fingerprint density at radius 3 is 2.31 bits per heavy atom. The van der Waals surface area contributed by atoms with Crippen molar-refractivity contribution in [2.45, 2.75) is 15.6 Å². The minimum Gasteiger partial charge on any atom is -0.326 e. The molecule has 1 heterocycles. The van der Waals surface area contributed by atoms with Crippen LogP contribution in [-0.2, 0) is 16.4 Å². The van der Waals surface area contributed by atoms with Gasteiger partial charge in [0.15, 0.2) is 0 Å². The van der Waals surface area contributed by atoms with Gasteiger partial charge in [-0.2, -0.15) is 0 Å². The number of hydrogen-bond donors (Lipinski definition) is 1. The molecule has 0 radical (unpaired) electrons. The summed E-state index contributed by atoms with van der Waals surface area (Å²) in [6.45, 7) is 0.416. The van der Waals surface area contributed by atoms with Gasteiger partial charge in [0.05, 0.1) is 4.90 Å². The maximum Gasteiger partial charge on any atom is 0.215 e. The third-order valence-electron chi connectivity index (χ3n) is 2.23. The van der Waals surface area contributed by atoms with Crippen molar-refractivity contribution in [2.24, 2.45) is 5.73 Å². The van der Waals surface area contributed by atoms with Crippen LogP contribution in [0.1, 0.15) is 5.56 Å². The fraction of sp³-hybridized carbons (Fsp3) is 0.0909. The van der Waals surface area contributed by atoms with Crippen molar-refractivity contribution in [3.8, 4) is 0 Å². The Kier molecular flexibility index (Phi) is 3.09. The van der Waals surface area contributed by atoms with Crippen molar-refractivity contribution >= 4 is 21.2 Å². The summed E-state index contributed by atoms with van der Waals surface area (Å²) < 4.78 is 24.5. The average Bonchev–Trinajstić information content (AvgIpc) is 2.83. The van der Waals surface area contributed by atoms with Gasteiger partial charge in [-0.25, -0.2) is 8.42 Å². The monoisotopic (exact) mass is 253 g/mol. The topological polar surface area (TPSA) is 60.2 Å². The largest absolute Gasteiger partial charge is 0.326 e. The molecule has 84 valence electrons. The number of rotatable bonds is 3. The van der Waals surface area contributed by atoms with Crippen LogP contribution in [0.3, 0.4) is 0 Å². The third kappa shape index (κ3) is 2.02. The molecule has 1 aromatic heterocycles. The quantitative estimate of drug-likeness (QED) is 0.910. The molecule has 3 nitrogen and oxygen atoms in total. The van der Waals surface area contributed by atoms with Crippen molar-refractivity contribution in [3.63, 3.8) is 0 Å². The molecule has 1 aromatic carbocycles. The third-order valence-corrected chi connectivity index (χ3v) is 5.40. The van der Waals surface area contributed by atoms with Gasteiger partial charge < -0.3 is 5.73 Å². The van der Waals surface area contributed by atoms with Gasteiger partial charge in [0.25, 0.3) is 0 Å². The Hall–Kier alpha value is -1.17. The fourth-order valence-corrected chi connectivity index (χ4v) is 3.73. The van der Waals surface area contributed by atoms with Gasteiger partial charge in [-0.15, -0.1) is 11.3 Å². The lowest BCUT2D eigenvalue weighted by atomic mass is 10.2. The lowest BCUT2D eigenvalue weighted by Gasteiger charge is -2.02. The first kappa shape index (κ1) is 11.3. The molecular weight excluding hydrogens is 242 g/mol. The number of sulfone groups is 1. The molecule has 5 heteroatoms. The maximum absolute atomic E-state index is 12.1. The summed E-state index contributed by atoms with van der Waals surface area (Å²) in [7, 11) is -3.34. The van der Waals surface area contributed by atoms with E-state index in [1.54, 1.807) is 41.8 Å². The second-order valence-electron chi connectivity index (χ2n) is 3.28. The molecule has 0 bridgehead atoms. The van der Waals surface area contributed by atoms with Gasteiger partial charge in [0, 0.05) is 6.54 Å². The molecule has 0 fully saturated rings. The first-order chi connectivity index (χ1) is 7.64. The number of benzene rings is 1. The van der Waals surface area contributed by atoms with Crippen molar-refractivity contribution < 1.29 is 8.42 Å². The van der Waals surface area contributed by atoms with E-state index in [1.165, 1.54) is 11.3 Å².